The Kier molecular flexibility index (Phi) is 4.26. The van der Waals surface area contributed by atoms with E-state index < -0.39 is 11.7 Å². The lowest BCUT2D eigenvalue weighted by Gasteiger charge is -2.08. The van der Waals surface area contributed by atoms with Gasteiger partial charge in [0.15, 0.2) is 0 Å². The van der Waals surface area contributed by atoms with Gasteiger partial charge in [-0.05, 0) is 32.0 Å². The van der Waals surface area contributed by atoms with Crippen LogP contribution < -0.4 is 5.32 Å². The number of halogens is 2. The van der Waals surface area contributed by atoms with Crippen LogP contribution in [0.5, 0.6) is 0 Å². The number of carbonyl (C=O) groups excluding carboxylic acids is 1. The minimum Gasteiger partial charge on any atom is -0.319 e. The highest BCUT2D eigenvalue weighted by atomic mass is 35.5. The second kappa shape index (κ2) is 6.37. The molecular weight excluding hydrogens is 333 g/mol. The van der Waals surface area contributed by atoms with Crippen molar-refractivity contribution in [1.29, 1.82) is 0 Å². The highest BCUT2D eigenvalue weighted by Gasteiger charge is 2.16. The number of hydrogen-bond donors (Lipinski definition) is 1. The van der Waals surface area contributed by atoms with E-state index in [2.05, 4.69) is 20.4 Å². The molecular formula is C16H13ClFN5O. The number of aromatic nitrogens is 4. The molecule has 0 aliphatic heterocycles. The van der Waals surface area contributed by atoms with E-state index in [1.165, 1.54) is 30.6 Å². The van der Waals surface area contributed by atoms with Crippen molar-refractivity contribution >= 4 is 23.2 Å². The standard InChI is InChI=1S/C16H13ClFN5O/c1-9-6-10(2)23(22-9)16-19-7-11(8-20-16)21-15(24)14-12(17)4-3-5-13(14)18/h3-8H,1-2H3,(H,21,24). The fourth-order valence-electron chi connectivity index (χ4n) is 2.23. The lowest BCUT2D eigenvalue weighted by atomic mass is 10.2. The van der Waals surface area contributed by atoms with Gasteiger partial charge in [0.05, 0.1) is 34.4 Å². The summed E-state index contributed by atoms with van der Waals surface area (Å²) in [4.78, 5) is 20.5. The number of nitrogens with zero attached hydrogens (tertiary/aromatic N) is 4. The van der Waals surface area contributed by atoms with Crippen LogP contribution in [0.15, 0.2) is 36.7 Å². The van der Waals surface area contributed by atoms with Crippen LogP contribution in [0.25, 0.3) is 5.95 Å². The molecule has 0 aliphatic rings. The van der Waals surface area contributed by atoms with E-state index in [4.69, 9.17) is 11.6 Å². The minimum absolute atomic E-state index is 0.0349. The maximum absolute atomic E-state index is 13.7. The molecule has 1 amide bonds. The van der Waals surface area contributed by atoms with Gasteiger partial charge in [-0.1, -0.05) is 17.7 Å². The van der Waals surface area contributed by atoms with Gasteiger partial charge in [-0.3, -0.25) is 4.79 Å². The fourth-order valence-corrected chi connectivity index (χ4v) is 2.48. The smallest absolute Gasteiger partial charge is 0.260 e. The number of rotatable bonds is 3. The molecule has 0 unspecified atom stereocenters. The first kappa shape index (κ1) is 16.1. The summed E-state index contributed by atoms with van der Waals surface area (Å²) >= 11 is 5.87. The third-order valence-electron chi connectivity index (χ3n) is 3.28. The van der Waals surface area contributed by atoms with Gasteiger partial charge in [0.1, 0.15) is 5.82 Å². The van der Waals surface area contributed by atoms with Crippen molar-refractivity contribution in [3.05, 3.63) is 64.5 Å². The Balaban J connectivity index is 1.82. The second-order valence-electron chi connectivity index (χ2n) is 5.16. The van der Waals surface area contributed by atoms with Gasteiger partial charge in [-0.2, -0.15) is 5.10 Å². The van der Waals surface area contributed by atoms with Crippen molar-refractivity contribution in [3.8, 4) is 5.95 Å². The molecule has 0 aliphatic carbocycles. The zero-order valence-corrected chi connectivity index (χ0v) is 13.7. The van der Waals surface area contributed by atoms with E-state index in [-0.39, 0.29) is 10.6 Å². The van der Waals surface area contributed by atoms with E-state index in [0.717, 1.165) is 11.4 Å². The molecule has 0 atom stereocenters. The summed E-state index contributed by atoms with van der Waals surface area (Å²) in [5, 5.41) is 6.83. The molecule has 2 heterocycles. The third-order valence-corrected chi connectivity index (χ3v) is 3.60. The first-order chi connectivity index (χ1) is 11.5. The molecule has 0 bridgehead atoms. The Morgan fingerprint density at radius 2 is 1.96 bits per heavy atom. The Morgan fingerprint density at radius 1 is 1.25 bits per heavy atom. The van der Waals surface area contributed by atoms with Crippen LogP contribution >= 0.6 is 11.6 Å². The Labute approximate surface area is 142 Å². The van der Waals surface area contributed by atoms with Gasteiger partial charge in [0.25, 0.3) is 11.9 Å². The molecule has 2 aromatic heterocycles. The van der Waals surface area contributed by atoms with E-state index in [1.807, 2.05) is 19.9 Å². The van der Waals surface area contributed by atoms with Crippen molar-refractivity contribution in [3.63, 3.8) is 0 Å². The summed E-state index contributed by atoms with van der Waals surface area (Å²) in [5.41, 5.74) is 1.84. The second-order valence-corrected chi connectivity index (χ2v) is 5.57. The summed E-state index contributed by atoms with van der Waals surface area (Å²) in [6, 6.07) is 5.95. The highest BCUT2D eigenvalue weighted by Crippen LogP contribution is 2.20. The average Bonchev–Trinajstić information content (AvgIpc) is 2.86. The summed E-state index contributed by atoms with van der Waals surface area (Å²) in [5.74, 6) is -0.983. The van der Waals surface area contributed by atoms with Crippen molar-refractivity contribution < 1.29 is 9.18 Å². The molecule has 3 aromatic rings. The van der Waals surface area contributed by atoms with Crippen molar-refractivity contribution in [1.82, 2.24) is 19.7 Å². The number of benzene rings is 1. The maximum Gasteiger partial charge on any atom is 0.260 e. The molecule has 122 valence electrons. The zero-order chi connectivity index (χ0) is 17.3. The van der Waals surface area contributed by atoms with Gasteiger partial charge < -0.3 is 5.32 Å². The quantitative estimate of drug-likeness (QED) is 0.790. The number of amides is 1. The van der Waals surface area contributed by atoms with Gasteiger partial charge in [0.2, 0.25) is 0 Å². The summed E-state index contributed by atoms with van der Waals surface area (Å²) in [6.45, 7) is 3.76. The van der Waals surface area contributed by atoms with E-state index in [0.29, 0.717) is 11.6 Å². The number of anilines is 1. The fraction of sp³-hybridized carbons (Fsp3) is 0.125. The van der Waals surface area contributed by atoms with E-state index in [1.54, 1.807) is 4.68 Å². The predicted octanol–water partition coefficient (Wildman–Crippen LogP) is 3.32. The molecule has 1 aromatic carbocycles. The summed E-state index contributed by atoms with van der Waals surface area (Å²) < 4.78 is 15.3. The van der Waals surface area contributed by atoms with Crippen LogP contribution in [0.3, 0.4) is 0 Å². The molecule has 0 fully saturated rings. The molecule has 6 nitrogen and oxygen atoms in total. The highest BCUT2D eigenvalue weighted by molar-refractivity contribution is 6.34. The predicted molar refractivity (Wildman–Crippen MR) is 88.0 cm³/mol. The Morgan fingerprint density at radius 3 is 2.54 bits per heavy atom. The maximum atomic E-state index is 13.7. The minimum atomic E-state index is -0.694. The van der Waals surface area contributed by atoms with Crippen LogP contribution in [0.2, 0.25) is 5.02 Å². The van der Waals surface area contributed by atoms with Crippen molar-refractivity contribution in [2.45, 2.75) is 13.8 Å². The lowest BCUT2D eigenvalue weighted by molar-refractivity contribution is 0.102. The number of hydrogen-bond acceptors (Lipinski definition) is 4. The van der Waals surface area contributed by atoms with Crippen LogP contribution in [0.1, 0.15) is 21.7 Å². The zero-order valence-electron chi connectivity index (χ0n) is 12.9. The first-order valence-electron chi connectivity index (χ1n) is 7.07. The Hall–Kier alpha value is -2.80. The van der Waals surface area contributed by atoms with Gasteiger partial charge in [0, 0.05) is 5.69 Å². The van der Waals surface area contributed by atoms with Crippen LogP contribution in [0, 0.1) is 19.7 Å². The molecule has 1 N–H and O–H groups in total. The summed E-state index contributed by atoms with van der Waals surface area (Å²) in [6.07, 6.45) is 2.84. The summed E-state index contributed by atoms with van der Waals surface area (Å²) in [7, 11) is 0. The van der Waals surface area contributed by atoms with Crippen molar-refractivity contribution in [2.24, 2.45) is 0 Å². The van der Waals surface area contributed by atoms with Crippen LogP contribution in [0.4, 0.5) is 10.1 Å². The van der Waals surface area contributed by atoms with Crippen LogP contribution in [-0.4, -0.2) is 25.7 Å². The Bertz CT molecular complexity index is 887. The molecule has 0 saturated carbocycles. The van der Waals surface area contributed by atoms with Gasteiger partial charge >= 0.3 is 0 Å². The number of carbonyl (C=O) groups is 1. The molecule has 0 radical (unpaired) electrons. The molecule has 0 spiro atoms. The SMILES string of the molecule is Cc1cc(C)n(-c2ncc(NC(=O)c3c(F)cccc3Cl)cn2)n1. The third kappa shape index (κ3) is 3.11. The monoisotopic (exact) mass is 345 g/mol. The number of nitrogens with one attached hydrogen (secondary N) is 1. The molecule has 0 saturated heterocycles. The lowest BCUT2D eigenvalue weighted by Crippen LogP contribution is -2.15. The molecule has 24 heavy (non-hydrogen) atoms. The first-order valence-corrected chi connectivity index (χ1v) is 7.44. The topological polar surface area (TPSA) is 72.7 Å². The van der Waals surface area contributed by atoms with Crippen molar-refractivity contribution in [2.75, 3.05) is 5.32 Å². The van der Waals surface area contributed by atoms with E-state index >= 15 is 0 Å². The molecule has 3 rings (SSSR count). The van der Waals surface area contributed by atoms with Crippen LogP contribution in [-0.2, 0) is 0 Å². The molecule has 8 heteroatoms. The van der Waals surface area contributed by atoms with Gasteiger partial charge in [-0.15, -0.1) is 0 Å². The van der Waals surface area contributed by atoms with Gasteiger partial charge in [-0.25, -0.2) is 19.0 Å². The van der Waals surface area contributed by atoms with E-state index in [9.17, 15) is 9.18 Å². The number of aryl methyl sites for hydroxylation is 2. The average molecular weight is 346 g/mol. The largest absolute Gasteiger partial charge is 0.319 e. The normalized spacial score (nSPS) is 10.7.